The van der Waals surface area contributed by atoms with Gasteiger partial charge in [0, 0.05) is 12.1 Å². The number of hydrogen-bond donors (Lipinski definition) is 2. The van der Waals surface area contributed by atoms with E-state index in [4.69, 9.17) is 5.73 Å². The van der Waals surface area contributed by atoms with Crippen LogP contribution in [0.15, 0.2) is 0 Å². The van der Waals surface area contributed by atoms with Gasteiger partial charge in [0.05, 0.1) is 5.75 Å². The van der Waals surface area contributed by atoms with Crippen LogP contribution < -0.4 is 11.1 Å². The predicted molar refractivity (Wildman–Crippen MR) is 69.4 cm³/mol. The van der Waals surface area contributed by atoms with E-state index >= 15 is 0 Å². The van der Waals surface area contributed by atoms with Crippen LogP contribution >= 0.6 is 0 Å². The van der Waals surface area contributed by atoms with Crippen molar-refractivity contribution in [2.75, 3.05) is 11.5 Å². The predicted octanol–water partition coefficient (Wildman–Crippen LogP) is 0.443. The summed E-state index contributed by atoms with van der Waals surface area (Å²) in [5.74, 6) is -0.885. The maximum Gasteiger partial charge on any atom is 0.235 e. The molecule has 0 heterocycles. The van der Waals surface area contributed by atoms with Gasteiger partial charge in [0.1, 0.15) is 5.75 Å². The quantitative estimate of drug-likeness (QED) is 0.666. The van der Waals surface area contributed by atoms with E-state index in [-0.39, 0.29) is 17.8 Å². The zero-order valence-electron chi connectivity index (χ0n) is 10.9. The minimum Gasteiger partial charge on any atom is -0.353 e. The first-order valence-corrected chi connectivity index (χ1v) is 7.84. The summed E-state index contributed by atoms with van der Waals surface area (Å²) in [6.07, 6.45) is 2.20. The van der Waals surface area contributed by atoms with Gasteiger partial charge in [-0.05, 0) is 26.7 Å². The summed E-state index contributed by atoms with van der Waals surface area (Å²) >= 11 is 0. The summed E-state index contributed by atoms with van der Waals surface area (Å²) < 4.78 is 23.1. The number of sulfone groups is 1. The summed E-state index contributed by atoms with van der Waals surface area (Å²) in [4.78, 5) is 11.5. The first-order valence-electron chi connectivity index (χ1n) is 6.02. The van der Waals surface area contributed by atoms with Gasteiger partial charge < -0.3 is 11.1 Å². The van der Waals surface area contributed by atoms with Crippen LogP contribution in [0.25, 0.3) is 0 Å². The summed E-state index contributed by atoms with van der Waals surface area (Å²) in [5, 5.41) is 2.68. The van der Waals surface area contributed by atoms with Gasteiger partial charge in [-0.1, -0.05) is 13.3 Å². The van der Waals surface area contributed by atoms with E-state index in [1.807, 2.05) is 13.8 Å². The fourth-order valence-electron chi connectivity index (χ4n) is 1.46. The SMILES string of the molecule is CCCC(C)NC(=O)CS(=O)(=O)CCC(C)N. The van der Waals surface area contributed by atoms with E-state index in [0.717, 1.165) is 12.8 Å². The second kappa shape index (κ2) is 7.66. The maximum atomic E-state index is 11.6. The van der Waals surface area contributed by atoms with Gasteiger partial charge in [-0.3, -0.25) is 4.79 Å². The topological polar surface area (TPSA) is 89.3 Å². The van der Waals surface area contributed by atoms with Gasteiger partial charge in [-0.15, -0.1) is 0 Å². The third-order valence-corrected chi connectivity index (χ3v) is 3.92. The average molecular weight is 264 g/mol. The molecule has 0 aromatic carbocycles. The Hall–Kier alpha value is -0.620. The Morgan fingerprint density at radius 1 is 1.29 bits per heavy atom. The molecule has 17 heavy (non-hydrogen) atoms. The molecule has 102 valence electrons. The molecule has 0 aliphatic carbocycles. The van der Waals surface area contributed by atoms with Crippen molar-refractivity contribution in [3.8, 4) is 0 Å². The molecule has 0 aromatic rings. The Balaban J connectivity index is 4.09. The number of rotatable bonds is 8. The molecule has 0 rings (SSSR count). The van der Waals surface area contributed by atoms with E-state index in [9.17, 15) is 13.2 Å². The molecule has 0 aliphatic rings. The third kappa shape index (κ3) is 9.12. The number of carbonyl (C=O) groups excluding carboxylic acids is 1. The highest BCUT2D eigenvalue weighted by molar-refractivity contribution is 7.92. The molecule has 0 spiro atoms. The van der Waals surface area contributed by atoms with E-state index < -0.39 is 21.5 Å². The maximum absolute atomic E-state index is 11.6. The van der Waals surface area contributed by atoms with Gasteiger partial charge in [0.2, 0.25) is 5.91 Å². The van der Waals surface area contributed by atoms with Crippen molar-refractivity contribution < 1.29 is 13.2 Å². The van der Waals surface area contributed by atoms with Crippen LogP contribution in [0.4, 0.5) is 0 Å². The summed E-state index contributed by atoms with van der Waals surface area (Å²) in [6, 6.07) is -0.136. The number of carbonyl (C=O) groups is 1. The molecule has 0 fully saturated rings. The molecule has 0 aromatic heterocycles. The number of amides is 1. The molecule has 0 bridgehead atoms. The van der Waals surface area contributed by atoms with Crippen LogP contribution in [-0.4, -0.2) is 37.9 Å². The van der Waals surface area contributed by atoms with Crippen LogP contribution in [-0.2, 0) is 14.6 Å². The molecule has 2 atom stereocenters. The zero-order chi connectivity index (χ0) is 13.5. The number of nitrogens with two attached hydrogens (primary N) is 1. The van der Waals surface area contributed by atoms with Crippen molar-refractivity contribution in [2.45, 2.75) is 52.1 Å². The van der Waals surface area contributed by atoms with E-state index in [1.165, 1.54) is 0 Å². The first-order chi connectivity index (χ1) is 7.76. The lowest BCUT2D eigenvalue weighted by Gasteiger charge is -2.13. The van der Waals surface area contributed by atoms with E-state index in [2.05, 4.69) is 5.32 Å². The Labute approximate surface area is 104 Å². The number of nitrogens with one attached hydrogen (secondary N) is 1. The highest BCUT2D eigenvalue weighted by Crippen LogP contribution is 1.99. The lowest BCUT2D eigenvalue weighted by atomic mass is 10.2. The lowest BCUT2D eigenvalue weighted by Crippen LogP contribution is -2.37. The molecule has 0 saturated heterocycles. The monoisotopic (exact) mass is 264 g/mol. The van der Waals surface area contributed by atoms with Crippen molar-refractivity contribution in [3.05, 3.63) is 0 Å². The Kier molecular flexibility index (Phi) is 7.38. The van der Waals surface area contributed by atoms with Crippen molar-refractivity contribution >= 4 is 15.7 Å². The highest BCUT2D eigenvalue weighted by atomic mass is 32.2. The van der Waals surface area contributed by atoms with Gasteiger partial charge >= 0.3 is 0 Å². The standard InChI is InChI=1S/C11H24N2O3S/c1-4-5-10(3)13-11(14)8-17(15,16)7-6-9(2)12/h9-10H,4-8,12H2,1-3H3,(H,13,14). The van der Waals surface area contributed by atoms with Crippen molar-refractivity contribution in [2.24, 2.45) is 5.73 Å². The van der Waals surface area contributed by atoms with E-state index in [1.54, 1.807) is 6.92 Å². The molecule has 1 amide bonds. The highest BCUT2D eigenvalue weighted by Gasteiger charge is 2.18. The number of hydrogen-bond acceptors (Lipinski definition) is 4. The third-order valence-electron chi connectivity index (χ3n) is 2.36. The smallest absolute Gasteiger partial charge is 0.235 e. The molecule has 6 heteroatoms. The normalized spacial score (nSPS) is 15.3. The molecular weight excluding hydrogens is 240 g/mol. The zero-order valence-corrected chi connectivity index (χ0v) is 11.7. The second-order valence-electron chi connectivity index (χ2n) is 4.62. The van der Waals surface area contributed by atoms with Crippen molar-refractivity contribution in [1.82, 2.24) is 5.32 Å². The molecule has 5 nitrogen and oxygen atoms in total. The van der Waals surface area contributed by atoms with Gasteiger partial charge in [0.25, 0.3) is 0 Å². The van der Waals surface area contributed by atoms with Gasteiger partial charge in [-0.2, -0.15) is 0 Å². The van der Waals surface area contributed by atoms with Crippen LogP contribution in [0.2, 0.25) is 0 Å². The van der Waals surface area contributed by atoms with Crippen LogP contribution in [0.5, 0.6) is 0 Å². The molecule has 0 saturated carbocycles. The Bertz CT molecular complexity index is 326. The summed E-state index contributed by atoms with van der Waals surface area (Å²) in [5.41, 5.74) is 5.49. The molecule has 0 radical (unpaired) electrons. The summed E-state index contributed by atoms with van der Waals surface area (Å²) in [7, 11) is -3.33. The van der Waals surface area contributed by atoms with Crippen LogP contribution in [0, 0.1) is 0 Å². The fourth-order valence-corrected chi connectivity index (χ4v) is 2.82. The molecule has 0 aliphatic heterocycles. The average Bonchev–Trinajstić information content (AvgIpc) is 2.14. The first kappa shape index (κ1) is 16.4. The fraction of sp³-hybridized carbons (Fsp3) is 0.909. The van der Waals surface area contributed by atoms with E-state index in [0.29, 0.717) is 6.42 Å². The molecule has 2 unspecified atom stereocenters. The van der Waals surface area contributed by atoms with Crippen LogP contribution in [0.1, 0.15) is 40.0 Å². The van der Waals surface area contributed by atoms with Crippen molar-refractivity contribution in [1.29, 1.82) is 0 Å². The van der Waals surface area contributed by atoms with Crippen LogP contribution in [0.3, 0.4) is 0 Å². The lowest BCUT2D eigenvalue weighted by molar-refractivity contribution is -0.119. The minimum atomic E-state index is -3.33. The Morgan fingerprint density at radius 2 is 1.88 bits per heavy atom. The van der Waals surface area contributed by atoms with Gasteiger partial charge in [-0.25, -0.2) is 8.42 Å². The Morgan fingerprint density at radius 3 is 2.35 bits per heavy atom. The summed E-state index contributed by atoms with van der Waals surface area (Å²) in [6.45, 7) is 5.64. The molecular formula is C11H24N2O3S. The second-order valence-corrected chi connectivity index (χ2v) is 6.80. The van der Waals surface area contributed by atoms with Crippen molar-refractivity contribution in [3.63, 3.8) is 0 Å². The minimum absolute atomic E-state index is 0.0242. The van der Waals surface area contributed by atoms with Gasteiger partial charge in [0.15, 0.2) is 9.84 Å². The largest absolute Gasteiger partial charge is 0.353 e. The molecule has 3 N–H and O–H groups in total.